The van der Waals surface area contributed by atoms with Gasteiger partial charge in [-0.2, -0.15) is 0 Å². The summed E-state index contributed by atoms with van der Waals surface area (Å²) in [6.45, 7) is 9.81. The Kier molecular flexibility index (Phi) is 10.7. The number of likely N-dealkylation sites (tertiary alicyclic amines) is 1. The van der Waals surface area contributed by atoms with Crippen LogP contribution in [0.1, 0.15) is 50.2 Å². The molecule has 1 amide bonds. The lowest BCUT2D eigenvalue weighted by Crippen LogP contribution is -2.45. The molecule has 7 nitrogen and oxygen atoms in total. The molecule has 184 valence electrons. The number of aliphatic imine (C=N–C) groups is 1. The van der Waals surface area contributed by atoms with E-state index in [2.05, 4.69) is 51.6 Å². The van der Waals surface area contributed by atoms with Gasteiger partial charge < -0.3 is 20.3 Å². The molecule has 3 fully saturated rings. The Hall–Kier alpha value is -1.39. The largest absolute Gasteiger partial charge is 0.379 e. The molecule has 0 bridgehead atoms. The first-order valence-electron chi connectivity index (χ1n) is 12.4. The molecule has 2 aliphatic heterocycles. The van der Waals surface area contributed by atoms with Gasteiger partial charge in [0, 0.05) is 51.2 Å². The minimum Gasteiger partial charge on any atom is -0.379 e. The van der Waals surface area contributed by atoms with Crippen molar-refractivity contribution in [2.75, 3.05) is 45.9 Å². The number of benzene rings is 1. The van der Waals surface area contributed by atoms with E-state index in [1.54, 1.807) is 0 Å². The van der Waals surface area contributed by atoms with Gasteiger partial charge in [0.2, 0.25) is 5.91 Å². The van der Waals surface area contributed by atoms with Crippen LogP contribution in [0.25, 0.3) is 0 Å². The number of carbonyl (C=O) groups is 1. The smallest absolute Gasteiger partial charge is 0.225 e. The summed E-state index contributed by atoms with van der Waals surface area (Å²) in [6.07, 6.45) is 5.54. The molecule has 1 atom stereocenters. The number of carbonyl (C=O) groups excluding carboxylic acids is 1. The standard InChI is InChI=1S/C25H39N5O2.HI/c1-2-26-25(28-23-10-11-30(19-23)24(31)22-8-3-4-9-22)27-17-20-6-5-7-21(16-20)18-29-12-14-32-15-13-29;/h5-7,16,22-23H,2-4,8-15,17-19H2,1H3,(H2,26,27,28);1H. The van der Waals surface area contributed by atoms with E-state index in [9.17, 15) is 4.79 Å². The zero-order chi connectivity index (χ0) is 22.2. The fraction of sp³-hybridized carbons (Fsp3) is 0.680. The predicted molar refractivity (Wildman–Crippen MR) is 143 cm³/mol. The Morgan fingerprint density at radius 2 is 1.88 bits per heavy atom. The van der Waals surface area contributed by atoms with Crippen molar-refractivity contribution < 1.29 is 9.53 Å². The van der Waals surface area contributed by atoms with Gasteiger partial charge in [0.05, 0.1) is 19.8 Å². The van der Waals surface area contributed by atoms with Crippen LogP contribution in [-0.4, -0.2) is 73.6 Å². The van der Waals surface area contributed by atoms with Crippen LogP contribution in [0.2, 0.25) is 0 Å². The average Bonchev–Trinajstić information content (AvgIpc) is 3.51. The number of nitrogens with one attached hydrogen (secondary N) is 2. The first-order chi connectivity index (χ1) is 15.7. The first kappa shape index (κ1) is 26.2. The molecule has 2 N–H and O–H groups in total. The molecular weight excluding hydrogens is 529 g/mol. The number of ether oxygens (including phenoxy) is 1. The lowest BCUT2D eigenvalue weighted by Gasteiger charge is -2.26. The number of guanidine groups is 1. The summed E-state index contributed by atoms with van der Waals surface area (Å²) in [5, 5.41) is 6.94. The SMILES string of the molecule is CCNC(=NCc1cccc(CN2CCOCC2)c1)NC1CCN(C(=O)C2CCCC2)C1.I. The van der Waals surface area contributed by atoms with Crippen molar-refractivity contribution in [2.45, 2.75) is 58.2 Å². The summed E-state index contributed by atoms with van der Waals surface area (Å²) in [6, 6.07) is 9.00. The summed E-state index contributed by atoms with van der Waals surface area (Å²) >= 11 is 0. The molecule has 1 aromatic rings. The Bertz CT molecular complexity index is 778. The van der Waals surface area contributed by atoms with Crippen LogP contribution in [0.15, 0.2) is 29.3 Å². The normalized spacial score (nSPS) is 22.3. The zero-order valence-electron chi connectivity index (χ0n) is 19.9. The van der Waals surface area contributed by atoms with E-state index < -0.39 is 0 Å². The zero-order valence-corrected chi connectivity index (χ0v) is 22.3. The predicted octanol–water partition coefficient (Wildman–Crippen LogP) is 2.98. The van der Waals surface area contributed by atoms with Crippen LogP contribution >= 0.6 is 24.0 Å². The van der Waals surface area contributed by atoms with Crippen molar-refractivity contribution in [1.29, 1.82) is 0 Å². The van der Waals surface area contributed by atoms with Gasteiger partial charge in [-0.25, -0.2) is 4.99 Å². The van der Waals surface area contributed by atoms with Gasteiger partial charge in [0.25, 0.3) is 0 Å². The second-order valence-electron chi connectivity index (χ2n) is 9.30. The minimum atomic E-state index is 0. The topological polar surface area (TPSA) is 69.2 Å². The molecule has 1 aliphatic carbocycles. The van der Waals surface area contributed by atoms with Crippen LogP contribution in [0, 0.1) is 5.92 Å². The van der Waals surface area contributed by atoms with Crippen LogP contribution in [-0.2, 0) is 22.6 Å². The Balaban J connectivity index is 0.00000306. The molecule has 2 saturated heterocycles. The fourth-order valence-corrected chi connectivity index (χ4v) is 5.04. The molecule has 33 heavy (non-hydrogen) atoms. The molecule has 2 heterocycles. The number of halogens is 1. The highest BCUT2D eigenvalue weighted by molar-refractivity contribution is 14.0. The monoisotopic (exact) mass is 569 g/mol. The molecule has 4 rings (SSSR count). The molecule has 0 spiro atoms. The average molecular weight is 570 g/mol. The van der Waals surface area contributed by atoms with Crippen LogP contribution in [0.5, 0.6) is 0 Å². The number of nitrogens with zero attached hydrogens (tertiary/aromatic N) is 3. The van der Waals surface area contributed by atoms with Gasteiger partial charge in [-0.05, 0) is 37.3 Å². The summed E-state index contributed by atoms with van der Waals surface area (Å²) in [4.78, 5) is 22.1. The van der Waals surface area contributed by atoms with Crippen molar-refractivity contribution in [2.24, 2.45) is 10.9 Å². The maximum absolute atomic E-state index is 12.7. The number of hydrogen-bond donors (Lipinski definition) is 2. The highest BCUT2D eigenvalue weighted by Gasteiger charge is 2.32. The molecule has 0 radical (unpaired) electrons. The summed E-state index contributed by atoms with van der Waals surface area (Å²) in [7, 11) is 0. The van der Waals surface area contributed by atoms with E-state index >= 15 is 0 Å². The van der Waals surface area contributed by atoms with Crippen molar-refractivity contribution in [3.05, 3.63) is 35.4 Å². The first-order valence-corrected chi connectivity index (χ1v) is 12.4. The van der Waals surface area contributed by atoms with Crippen molar-refractivity contribution in [1.82, 2.24) is 20.4 Å². The van der Waals surface area contributed by atoms with Crippen molar-refractivity contribution >= 4 is 35.8 Å². The van der Waals surface area contributed by atoms with E-state index in [0.29, 0.717) is 12.5 Å². The van der Waals surface area contributed by atoms with E-state index in [1.807, 2.05) is 0 Å². The van der Waals surface area contributed by atoms with Gasteiger partial charge in [-0.15, -0.1) is 24.0 Å². The van der Waals surface area contributed by atoms with Crippen molar-refractivity contribution in [3.63, 3.8) is 0 Å². The third kappa shape index (κ3) is 7.82. The maximum atomic E-state index is 12.7. The maximum Gasteiger partial charge on any atom is 0.225 e. The number of morpholine rings is 1. The van der Waals surface area contributed by atoms with E-state index in [1.165, 1.54) is 24.0 Å². The molecule has 1 unspecified atom stereocenters. The second kappa shape index (κ2) is 13.5. The van der Waals surface area contributed by atoms with Crippen LogP contribution in [0.3, 0.4) is 0 Å². The third-order valence-corrected chi connectivity index (χ3v) is 6.81. The molecule has 3 aliphatic rings. The van der Waals surface area contributed by atoms with Gasteiger partial charge in [-0.3, -0.25) is 9.69 Å². The molecule has 0 aromatic heterocycles. The molecule has 1 aromatic carbocycles. The second-order valence-corrected chi connectivity index (χ2v) is 9.30. The third-order valence-electron chi connectivity index (χ3n) is 6.81. The van der Waals surface area contributed by atoms with E-state index in [0.717, 1.165) is 77.7 Å². The quantitative estimate of drug-likeness (QED) is 0.300. The lowest BCUT2D eigenvalue weighted by atomic mass is 10.1. The van der Waals surface area contributed by atoms with Gasteiger partial charge in [0.1, 0.15) is 0 Å². The van der Waals surface area contributed by atoms with Crippen LogP contribution < -0.4 is 10.6 Å². The summed E-state index contributed by atoms with van der Waals surface area (Å²) < 4.78 is 5.45. The highest BCUT2D eigenvalue weighted by atomic mass is 127. The Labute approximate surface area is 215 Å². The van der Waals surface area contributed by atoms with Crippen LogP contribution in [0.4, 0.5) is 0 Å². The summed E-state index contributed by atoms with van der Waals surface area (Å²) in [5.74, 6) is 1.47. The van der Waals surface area contributed by atoms with E-state index in [4.69, 9.17) is 9.73 Å². The highest BCUT2D eigenvalue weighted by Crippen LogP contribution is 2.27. The molecular formula is C25H40IN5O2. The molecule has 8 heteroatoms. The van der Waals surface area contributed by atoms with Gasteiger partial charge >= 0.3 is 0 Å². The number of hydrogen-bond acceptors (Lipinski definition) is 4. The number of amides is 1. The van der Waals surface area contributed by atoms with E-state index in [-0.39, 0.29) is 35.9 Å². The minimum absolute atomic E-state index is 0. The Morgan fingerprint density at radius 1 is 1.12 bits per heavy atom. The Morgan fingerprint density at radius 3 is 2.64 bits per heavy atom. The molecule has 1 saturated carbocycles. The fourth-order valence-electron chi connectivity index (χ4n) is 5.04. The van der Waals surface area contributed by atoms with Gasteiger partial charge in [-0.1, -0.05) is 37.1 Å². The van der Waals surface area contributed by atoms with Gasteiger partial charge in [0.15, 0.2) is 5.96 Å². The summed E-state index contributed by atoms with van der Waals surface area (Å²) in [5.41, 5.74) is 2.55. The van der Waals surface area contributed by atoms with Crippen molar-refractivity contribution in [3.8, 4) is 0 Å². The number of rotatable bonds is 7. The lowest BCUT2D eigenvalue weighted by molar-refractivity contribution is -0.134.